The summed E-state index contributed by atoms with van der Waals surface area (Å²) >= 11 is 0. The van der Waals surface area contributed by atoms with Crippen molar-refractivity contribution >= 4 is 5.97 Å². The molecule has 1 heterocycles. The number of carboxylic acids is 1. The smallest absolute Gasteiger partial charge is 0.341 e. The second-order valence-electron chi connectivity index (χ2n) is 4.54. The van der Waals surface area contributed by atoms with Crippen LogP contribution in [0.4, 0.5) is 0 Å². The third-order valence-electron chi connectivity index (χ3n) is 2.88. The Morgan fingerprint density at radius 3 is 2.50 bits per heavy atom. The Labute approximate surface area is 93.5 Å². The largest absolute Gasteiger partial charge is 0.477 e. The van der Waals surface area contributed by atoms with E-state index < -0.39 is 5.97 Å². The summed E-state index contributed by atoms with van der Waals surface area (Å²) in [5.74, 6) is -0.911. The molecule has 1 aliphatic carbocycles. The zero-order valence-corrected chi connectivity index (χ0v) is 9.43. The van der Waals surface area contributed by atoms with Gasteiger partial charge in [-0.2, -0.15) is 0 Å². The summed E-state index contributed by atoms with van der Waals surface area (Å²) < 4.78 is 1.66. The lowest BCUT2D eigenvalue weighted by atomic mass is 10.1. The first-order chi connectivity index (χ1) is 7.52. The Bertz CT molecular complexity index is 484. The summed E-state index contributed by atoms with van der Waals surface area (Å²) in [6.07, 6.45) is 1.95. The van der Waals surface area contributed by atoms with Crippen LogP contribution in [0.3, 0.4) is 0 Å². The van der Waals surface area contributed by atoms with Crippen molar-refractivity contribution in [1.82, 2.24) is 4.57 Å². The summed E-state index contributed by atoms with van der Waals surface area (Å²) in [7, 11) is 0. The monoisotopic (exact) mass is 221 g/mol. The molecular weight excluding hydrogens is 206 g/mol. The number of aromatic carboxylic acids is 1. The number of carbonyl (C=O) groups is 1. The minimum absolute atomic E-state index is 0.128. The van der Waals surface area contributed by atoms with Gasteiger partial charge in [0.1, 0.15) is 5.56 Å². The molecule has 0 aliphatic heterocycles. The van der Waals surface area contributed by atoms with E-state index in [1.54, 1.807) is 10.6 Å². The quantitative estimate of drug-likeness (QED) is 0.849. The lowest BCUT2D eigenvalue weighted by Crippen LogP contribution is -2.28. The third kappa shape index (κ3) is 1.75. The van der Waals surface area contributed by atoms with Gasteiger partial charge in [-0.15, -0.1) is 0 Å². The van der Waals surface area contributed by atoms with Gasteiger partial charge < -0.3 is 9.67 Å². The molecule has 86 valence electrons. The fourth-order valence-corrected chi connectivity index (χ4v) is 1.91. The second-order valence-corrected chi connectivity index (χ2v) is 4.54. The van der Waals surface area contributed by atoms with E-state index in [2.05, 4.69) is 0 Å². The van der Waals surface area contributed by atoms with Crippen LogP contribution in [0.5, 0.6) is 0 Å². The molecule has 1 aromatic heterocycles. The van der Waals surface area contributed by atoms with Crippen molar-refractivity contribution in [2.24, 2.45) is 0 Å². The van der Waals surface area contributed by atoms with Gasteiger partial charge in [0.15, 0.2) is 0 Å². The lowest BCUT2D eigenvalue weighted by Gasteiger charge is -2.15. The van der Waals surface area contributed by atoms with Crippen molar-refractivity contribution in [3.63, 3.8) is 0 Å². The van der Waals surface area contributed by atoms with Crippen LogP contribution in [0.2, 0.25) is 0 Å². The number of rotatable bonds is 3. The Hall–Kier alpha value is -1.58. The van der Waals surface area contributed by atoms with Crippen LogP contribution in [0.15, 0.2) is 16.9 Å². The van der Waals surface area contributed by atoms with E-state index in [-0.39, 0.29) is 23.1 Å². The van der Waals surface area contributed by atoms with Gasteiger partial charge >= 0.3 is 5.97 Å². The molecule has 1 saturated carbocycles. The third-order valence-corrected chi connectivity index (χ3v) is 2.88. The molecule has 16 heavy (non-hydrogen) atoms. The Kier molecular flexibility index (Phi) is 2.58. The van der Waals surface area contributed by atoms with E-state index in [1.807, 2.05) is 13.8 Å². The van der Waals surface area contributed by atoms with Crippen molar-refractivity contribution in [3.8, 4) is 0 Å². The number of carboxylic acid groups (broad SMARTS) is 1. The van der Waals surface area contributed by atoms with Gasteiger partial charge in [-0.1, -0.05) is 13.8 Å². The number of pyridine rings is 1. The Morgan fingerprint density at radius 1 is 1.44 bits per heavy atom. The highest BCUT2D eigenvalue weighted by atomic mass is 16.4. The van der Waals surface area contributed by atoms with E-state index in [0.29, 0.717) is 0 Å². The molecule has 0 aromatic carbocycles. The van der Waals surface area contributed by atoms with Gasteiger partial charge in [0.05, 0.1) is 0 Å². The fraction of sp³-hybridized carbons (Fsp3) is 0.500. The van der Waals surface area contributed by atoms with E-state index in [0.717, 1.165) is 18.5 Å². The van der Waals surface area contributed by atoms with E-state index in [4.69, 9.17) is 5.11 Å². The van der Waals surface area contributed by atoms with Crippen molar-refractivity contribution < 1.29 is 9.90 Å². The van der Waals surface area contributed by atoms with Crippen molar-refractivity contribution in [3.05, 3.63) is 33.7 Å². The summed E-state index contributed by atoms with van der Waals surface area (Å²) in [4.78, 5) is 22.9. The molecule has 1 fully saturated rings. The molecule has 0 spiro atoms. The number of nitrogens with zero attached hydrogens (tertiary/aromatic N) is 1. The lowest BCUT2D eigenvalue weighted by molar-refractivity contribution is 0.0694. The van der Waals surface area contributed by atoms with Crippen LogP contribution < -0.4 is 5.56 Å². The van der Waals surface area contributed by atoms with E-state index in [9.17, 15) is 9.59 Å². The zero-order valence-electron chi connectivity index (χ0n) is 9.43. The van der Waals surface area contributed by atoms with Crippen LogP contribution in [-0.4, -0.2) is 15.6 Å². The van der Waals surface area contributed by atoms with Gasteiger partial charge in [-0.05, 0) is 30.9 Å². The molecule has 4 heteroatoms. The molecule has 1 N–H and O–H groups in total. The van der Waals surface area contributed by atoms with Gasteiger partial charge in [0.25, 0.3) is 5.56 Å². The van der Waals surface area contributed by atoms with Gasteiger partial charge in [-0.3, -0.25) is 4.79 Å². The highest BCUT2D eigenvalue weighted by Gasteiger charge is 2.29. The van der Waals surface area contributed by atoms with Crippen LogP contribution in [-0.2, 0) is 0 Å². The molecule has 0 bridgehead atoms. The Morgan fingerprint density at radius 2 is 2.06 bits per heavy atom. The van der Waals surface area contributed by atoms with Gasteiger partial charge in [0, 0.05) is 11.7 Å². The van der Waals surface area contributed by atoms with Crippen LogP contribution >= 0.6 is 0 Å². The Balaban J connectivity index is 2.63. The predicted molar refractivity (Wildman–Crippen MR) is 60.0 cm³/mol. The molecule has 2 rings (SSSR count). The molecule has 0 saturated heterocycles. The maximum atomic E-state index is 12.0. The summed E-state index contributed by atoms with van der Waals surface area (Å²) in [6.45, 7) is 4.02. The maximum Gasteiger partial charge on any atom is 0.341 e. The van der Waals surface area contributed by atoms with Crippen LogP contribution in [0, 0.1) is 0 Å². The topological polar surface area (TPSA) is 59.3 Å². The highest BCUT2D eigenvalue weighted by Crippen LogP contribution is 2.36. The van der Waals surface area contributed by atoms with Crippen molar-refractivity contribution in [1.29, 1.82) is 0 Å². The molecule has 0 unspecified atom stereocenters. The average molecular weight is 221 g/mol. The standard InChI is InChI=1S/C12H15NO3/c1-7(2)10-6-5-9(12(15)16)11(14)13(10)8-3-4-8/h5-8H,3-4H2,1-2H3,(H,15,16). The number of aromatic nitrogens is 1. The molecule has 1 aromatic rings. The summed E-state index contributed by atoms with van der Waals surface area (Å²) in [5, 5.41) is 8.91. The first-order valence-electron chi connectivity index (χ1n) is 5.51. The number of hydrogen-bond acceptors (Lipinski definition) is 2. The zero-order chi connectivity index (χ0) is 11.9. The first-order valence-corrected chi connectivity index (χ1v) is 5.51. The molecule has 0 atom stereocenters. The van der Waals surface area contributed by atoms with Gasteiger partial charge in [0.2, 0.25) is 0 Å². The van der Waals surface area contributed by atoms with Gasteiger partial charge in [-0.25, -0.2) is 4.79 Å². The van der Waals surface area contributed by atoms with E-state index >= 15 is 0 Å². The van der Waals surface area contributed by atoms with Crippen LogP contribution in [0.25, 0.3) is 0 Å². The maximum absolute atomic E-state index is 12.0. The fourth-order valence-electron chi connectivity index (χ4n) is 1.91. The average Bonchev–Trinajstić information content (AvgIpc) is 2.99. The predicted octanol–water partition coefficient (Wildman–Crippen LogP) is 2.00. The van der Waals surface area contributed by atoms with Crippen molar-refractivity contribution in [2.75, 3.05) is 0 Å². The van der Waals surface area contributed by atoms with E-state index in [1.165, 1.54) is 6.07 Å². The van der Waals surface area contributed by atoms with Crippen molar-refractivity contribution in [2.45, 2.75) is 38.6 Å². The molecular formula is C12H15NO3. The minimum atomic E-state index is -1.14. The SMILES string of the molecule is CC(C)c1ccc(C(=O)O)c(=O)n1C1CC1. The normalized spacial score (nSPS) is 15.4. The second kappa shape index (κ2) is 3.77. The highest BCUT2D eigenvalue weighted by molar-refractivity contribution is 5.87. The molecule has 0 radical (unpaired) electrons. The molecule has 4 nitrogen and oxygen atoms in total. The summed E-state index contributed by atoms with van der Waals surface area (Å²) in [6, 6.07) is 3.39. The molecule has 1 aliphatic rings. The number of hydrogen-bond donors (Lipinski definition) is 1. The summed E-state index contributed by atoms with van der Waals surface area (Å²) in [5.41, 5.74) is 0.440. The molecule has 0 amide bonds. The van der Waals surface area contributed by atoms with Crippen LogP contribution in [0.1, 0.15) is 54.7 Å². The minimum Gasteiger partial charge on any atom is -0.477 e. The first kappa shape index (κ1) is 10.9.